The number of carbonyl (C=O) groups is 2. The summed E-state index contributed by atoms with van der Waals surface area (Å²) in [6, 6.07) is 28.1. The molecule has 4 aromatic carbocycles. The van der Waals surface area contributed by atoms with Crippen molar-refractivity contribution in [1.82, 2.24) is 0 Å². The van der Waals surface area contributed by atoms with Crippen LogP contribution in [0, 0.1) is 0 Å². The number of Topliss-reactive ketones (excluding diaryl/α,β-unsaturated/α-hetero) is 2. The van der Waals surface area contributed by atoms with Crippen molar-refractivity contribution in [1.29, 1.82) is 0 Å². The Hall–Kier alpha value is -2.56. The lowest BCUT2D eigenvalue weighted by Crippen LogP contribution is -2.02. The first-order chi connectivity index (χ1) is 15.7. The topological polar surface area (TPSA) is 34.1 Å². The molecule has 162 valence electrons. The molecule has 0 bridgehead atoms. The van der Waals surface area contributed by atoms with Crippen LogP contribution in [0.5, 0.6) is 0 Å². The van der Waals surface area contributed by atoms with Crippen molar-refractivity contribution in [3.63, 3.8) is 0 Å². The average molecular weight is 459 g/mol. The minimum atomic E-state index is 0.205. The summed E-state index contributed by atoms with van der Waals surface area (Å²) in [4.78, 5) is 24.9. The Morgan fingerprint density at radius 3 is 1.34 bits per heavy atom. The zero-order chi connectivity index (χ0) is 22.2. The van der Waals surface area contributed by atoms with E-state index in [1.54, 1.807) is 0 Å². The van der Waals surface area contributed by atoms with Crippen LogP contribution in [0.1, 0.15) is 33.6 Å². The Kier molecular flexibility index (Phi) is 8.02. The highest BCUT2D eigenvalue weighted by Crippen LogP contribution is 2.19. The number of fused-ring (bicyclic) bond motifs is 2. The zero-order valence-electron chi connectivity index (χ0n) is 18.0. The van der Waals surface area contributed by atoms with Gasteiger partial charge >= 0.3 is 0 Å². The van der Waals surface area contributed by atoms with Crippen LogP contribution in [0.4, 0.5) is 0 Å². The van der Waals surface area contributed by atoms with E-state index in [0.717, 1.165) is 55.7 Å². The molecule has 0 N–H and O–H groups in total. The molecule has 0 spiro atoms. The first-order valence-electron chi connectivity index (χ1n) is 10.9. The minimum Gasteiger partial charge on any atom is -0.294 e. The van der Waals surface area contributed by atoms with E-state index in [2.05, 4.69) is 12.1 Å². The number of benzene rings is 4. The molecule has 0 atom stereocenters. The lowest BCUT2D eigenvalue weighted by atomic mass is 10.0. The lowest BCUT2D eigenvalue weighted by Gasteiger charge is -2.05. The number of ketones is 2. The molecule has 0 aliphatic heterocycles. The van der Waals surface area contributed by atoms with Crippen LogP contribution in [-0.4, -0.2) is 34.6 Å². The van der Waals surface area contributed by atoms with Gasteiger partial charge in [0.15, 0.2) is 11.6 Å². The van der Waals surface area contributed by atoms with Gasteiger partial charge in [0.1, 0.15) is 0 Å². The Morgan fingerprint density at radius 1 is 0.500 bits per heavy atom. The summed E-state index contributed by atoms with van der Waals surface area (Å²) >= 11 is 3.62. The molecule has 32 heavy (non-hydrogen) atoms. The third-order valence-corrected chi connectivity index (χ3v) is 7.69. The van der Waals surface area contributed by atoms with Gasteiger partial charge in [-0.05, 0) is 33.7 Å². The molecular weight excluding hydrogens is 432 g/mol. The van der Waals surface area contributed by atoms with Gasteiger partial charge in [-0.2, -0.15) is 23.5 Å². The molecule has 0 saturated heterocycles. The number of thioether (sulfide) groups is 2. The van der Waals surface area contributed by atoms with Crippen LogP contribution in [0.15, 0.2) is 84.9 Å². The van der Waals surface area contributed by atoms with Crippen molar-refractivity contribution in [2.45, 2.75) is 12.8 Å². The molecule has 0 amide bonds. The molecule has 0 aliphatic carbocycles. The van der Waals surface area contributed by atoms with E-state index in [0.29, 0.717) is 12.8 Å². The second-order valence-electron chi connectivity index (χ2n) is 7.69. The molecule has 4 aromatic rings. The van der Waals surface area contributed by atoms with Crippen molar-refractivity contribution in [3.8, 4) is 0 Å². The van der Waals surface area contributed by atoms with E-state index in [1.165, 1.54) is 0 Å². The average Bonchev–Trinajstić information content (AvgIpc) is 2.84. The van der Waals surface area contributed by atoms with Gasteiger partial charge in [0.25, 0.3) is 0 Å². The highest BCUT2D eigenvalue weighted by molar-refractivity contribution is 8.02. The summed E-state index contributed by atoms with van der Waals surface area (Å²) in [5, 5.41) is 4.55. The van der Waals surface area contributed by atoms with Crippen LogP contribution < -0.4 is 0 Å². The second-order valence-corrected chi connectivity index (χ2v) is 10.1. The monoisotopic (exact) mass is 458 g/mol. The molecule has 4 rings (SSSR count). The molecule has 0 aromatic heterocycles. The molecule has 0 fully saturated rings. The maximum Gasteiger partial charge on any atom is 0.163 e. The SMILES string of the molecule is O=C(CCSCCSCCC(=O)c1ccc2ccccc2c1)c1ccc2ccccc2c1. The summed E-state index contributed by atoms with van der Waals surface area (Å²) in [6.45, 7) is 0. The standard InChI is InChI=1S/C28H26O2S2/c29-27(25-11-9-21-5-1-3-7-23(21)19-25)13-15-31-17-18-32-16-14-28(30)26-12-10-22-6-2-4-8-24(22)20-26/h1-12,19-20H,13-18H2. The predicted molar refractivity (Wildman–Crippen MR) is 140 cm³/mol. The van der Waals surface area contributed by atoms with E-state index in [1.807, 2.05) is 96.3 Å². The van der Waals surface area contributed by atoms with Gasteiger partial charge in [-0.15, -0.1) is 0 Å². The van der Waals surface area contributed by atoms with Crippen molar-refractivity contribution in [3.05, 3.63) is 96.1 Å². The fraction of sp³-hybridized carbons (Fsp3) is 0.214. The van der Waals surface area contributed by atoms with Gasteiger partial charge in [-0.3, -0.25) is 9.59 Å². The van der Waals surface area contributed by atoms with E-state index < -0.39 is 0 Å². The van der Waals surface area contributed by atoms with Crippen molar-refractivity contribution in [2.75, 3.05) is 23.0 Å². The summed E-state index contributed by atoms with van der Waals surface area (Å²) in [6.07, 6.45) is 1.13. The van der Waals surface area contributed by atoms with Crippen molar-refractivity contribution >= 4 is 56.6 Å². The van der Waals surface area contributed by atoms with Crippen LogP contribution in [-0.2, 0) is 0 Å². The maximum absolute atomic E-state index is 12.5. The molecule has 0 heterocycles. The molecular formula is C28H26O2S2. The van der Waals surface area contributed by atoms with Crippen LogP contribution in [0.25, 0.3) is 21.5 Å². The van der Waals surface area contributed by atoms with Crippen LogP contribution in [0.2, 0.25) is 0 Å². The summed E-state index contributed by atoms with van der Waals surface area (Å²) < 4.78 is 0. The number of carbonyl (C=O) groups excluding carboxylic acids is 2. The number of hydrogen-bond acceptors (Lipinski definition) is 4. The molecule has 0 aliphatic rings. The normalized spacial score (nSPS) is 11.1. The van der Waals surface area contributed by atoms with Crippen LogP contribution in [0.3, 0.4) is 0 Å². The second kappa shape index (κ2) is 11.3. The fourth-order valence-corrected chi connectivity index (χ4v) is 5.68. The van der Waals surface area contributed by atoms with E-state index >= 15 is 0 Å². The highest BCUT2D eigenvalue weighted by Gasteiger charge is 2.08. The smallest absolute Gasteiger partial charge is 0.163 e. The molecule has 0 radical (unpaired) electrons. The maximum atomic E-state index is 12.5. The first-order valence-corrected chi connectivity index (χ1v) is 13.2. The third kappa shape index (κ3) is 6.02. The summed E-state index contributed by atoms with van der Waals surface area (Å²) in [7, 11) is 0. The molecule has 0 saturated carbocycles. The largest absolute Gasteiger partial charge is 0.294 e. The Balaban J connectivity index is 1.11. The van der Waals surface area contributed by atoms with E-state index in [-0.39, 0.29) is 11.6 Å². The Labute approximate surface area is 197 Å². The molecule has 4 heteroatoms. The van der Waals surface area contributed by atoms with Gasteiger partial charge in [-0.25, -0.2) is 0 Å². The predicted octanol–water partition coefficient (Wildman–Crippen LogP) is 7.31. The van der Waals surface area contributed by atoms with E-state index in [4.69, 9.17) is 0 Å². The molecule has 2 nitrogen and oxygen atoms in total. The van der Waals surface area contributed by atoms with Crippen LogP contribution >= 0.6 is 23.5 Å². The Morgan fingerprint density at radius 2 is 0.906 bits per heavy atom. The third-order valence-electron chi connectivity index (χ3n) is 5.46. The van der Waals surface area contributed by atoms with Gasteiger partial charge in [0.05, 0.1) is 0 Å². The summed E-state index contributed by atoms with van der Waals surface area (Å²) in [5.41, 5.74) is 1.59. The first kappa shape index (κ1) is 22.6. The van der Waals surface area contributed by atoms with Gasteiger partial charge in [0.2, 0.25) is 0 Å². The molecule has 0 unspecified atom stereocenters. The van der Waals surface area contributed by atoms with Crippen molar-refractivity contribution in [2.24, 2.45) is 0 Å². The highest BCUT2D eigenvalue weighted by atomic mass is 32.2. The quantitative estimate of drug-likeness (QED) is 0.174. The fourth-order valence-electron chi connectivity index (χ4n) is 3.67. The Bertz CT molecular complexity index is 1140. The number of rotatable bonds is 11. The lowest BCUT2D eigenvalue weighted by molar-refractivity contribution is 0.0981. The zero-order valence-corrected chi connectivity index (χ0v) is 19.6. The van der Waals surface area contributed by atoms with Gasteiger partial charge in [-0.1, -0.05) is 72.8 Å². The summed E-state index contributed by atoms with van der Waals surface area (Å²) in [5.74, 6) is 4.08. The van der Waals surface area contributed by atoms with Crippen molar-refractivity contribution < 1.29 is 9.59 Å². The minimum absolute atomic E-state index is 0.205. The number of hydrogen-bond donors (Lipinski definition) is 0. The van der Waals surface area contributed by atoms with Gasteiger partial charge in [0, 0.05) is 47.0 Å². The van der Waals surface area contributed by atoms with E-state index in [9.17, 15) is 9.59 Å². The van der Waals surface area contributed by atoms with Gasteiger partial charge < -0.3 is 0 Å².